The number of hydrogen-bond donors (Lipinski definition) is 0. The Bertz CT molecular complexity index is 931. The highest BCUT2D eigenvalue weighted by Crippen LogP contribution is 2.30. The van der Waals surface area contributed by atoms with Crippen LogP contribution >= 0.6 is 11.8 Å². The van der Waals surface area contributed by atoms with E-state index in [1.807, 2.05) is 0 Å². The molecule has 3 aromatic rings. The molecule has 0 bridgehead atoms. The summed E-state index contributed by atoms with van der Waals surface area (Å²) in [6.45, 7) is 0. The van der Waals surface area contributed by atoms with E-state index in [1.165, 1.54) is 30.9 Å². The predicted octanol–water partition coefficient (Wildman–Crippen LogP) is 3.66. The third kappa shape index (κ3) is 4.04. The van der Waals surface area contributed by atoms with Gasteiger partial charge in [0.1, 0.15) is 12.1 Å². The van der Waals surface area contributed by atoms with Crippen LogP contribution in [0.3, 0.4) is 0 Å². The summed E-state index contributed by atoms with van der Waals surface area (Å²) in [6.07, 6.45) is -0.428. The number of aromatic nitrogens is 4. The maximum absolute atomic E-state index is 14.2. The van der Waals surface area contributed by atoms with E-state index in [9.17, 15) is 22.4 Å². The number of ketones is 1. The molecule has 0 aliphatic heterocycles. The SMILES string of the molecule is O=C(CSc1cncnc1)c1ccc(-c2noc(C(F)(F)F)n2)cc1F. The van der Waals surface area contributed by atoms with Gasteiger partial charge < -0.3 is 4.52 Å². The summed E-state index contributed by atoms with van der Waals surface area (Å²) in [5, 5.41) is 3.17. The maximum atomic E-state index is 14.2. The lowest BCUT2D eigenvalue weighted by Gasteiger charge is -2.04. The summed E-state index contributed by atoms with van der Waals surface area (Å²) in [7, 11) is 0. The minimum Gasteiger partial charge on any atom is -0.329 e. The molecule has 11 heteroatoms. The molecular weight excluding hydrogens is 376 g/mol. The Kier molecular flexibility index (Phi) is 4.98. The molecule has 0 aliphatic carbocycles. The fourth-order valence-electron chi connectivity index (χ4n) is 1.92. The highest BCUT2D eigenvalue weighted by Gasteiger charge is 2.38. The number of carbonyl (C=O) groups is 1. The third-order valence-corrected chi connectivity index (χ3v) is 4.05. The Balaban J connectivity index is 1.75. The van der Waals surface area contributed by atoms with Crippen molar-refractivity contribution in [2.24, 2.45) is 0 Å². The van der Waals surface area contributed by atoms with Crippen molar-refractivity contribution in [3.63, 3.8) is 0 Å². The van der Waals surface area contributed by atoms with E-state index in [0.29, 0.717) is 4.90 Å². The van der Waals surface area contributed by atoms with Gasteiger partial charge in [0.15, 0.2) is 5.78 Å². The summed E-state index contributed by atoms with van der Waals surface area (Å²) in [4.78, 5) is 23.5. The molecule has 0 spiro atoms. The first-order chi connectivity index (χ1) is 12.3. The van der Waals surface area contributed by atoms with Gasteiger partial charge in [0.2, 0.25) is 5.82 Å². The first-order valence-corrected chi connectivity index (χ1v) is 7.95. The van der Waals surface area contributed by atoms with Gasteiger partial charge in [0.05, 0.1) is 11.3 Å². The molecule has 2 heterocycles. The topological polar surface area (TPSA) is 81.8 Å². The van der Waals surface area contributed by atoms with Gasteiger partial charge in [-0.3, -0.25) is 4.79 Å². The number of rotatable bonds is 5. The van der Waals surface area contributed by atoms with Crippen LogP contribution in [0.2, 0.25) is 0 Å². The first kappa shape index (κ1) is 18.0. The van der Waals surface area contributed by atoms with E-state index in [4.69, 9.17) is 0 Å². The molecule has 0 saturated carbocycles. The molecule has 0 atom stereocenters. The number of thioether (sulfide) groups is 1. The minimum atomic E-state index is -4.79. The molecule has 0 unspecified atom stereocenters. The van der Waals surface area contributed by atoms with Crippen LogP contribution < -0.4 is 0 Å². The molecule has 1 aromatic carbocycles. The number of alkyl halides is 3. The Labute approximate surface area is 147 Å². The summed E-state index contributed by atoms with van der Waals surface area (Å²) in [5.41, 5.74) is -0.236. The molecule has 134 valence electrons. The molecule has 0 saturated heterocycles. The highest BCUT2D eigenvalue weighted by atomic mass is 32.2. The molecule has 0 aliphatic rings. The average molecular weight is 384 g/mol. The number of carbonyl (C=O) groups excluding carboxylic acids is 1. The molecule has 26 heavy (non-hydrogen) atoms. The molecule has 0 radical (unpaired) electrons. The second kappa shape index (κ2) is 7.20. The van der Waals surface area contributed by atoms with Gasteiger partial charge in [-0.25, -0.2) is 14.4 Å². The van der Waals surface area contributed by atoms with Crippen molar-refractivity contribution in [1.29, 1.82) is 0 Å². The lowest BCUT2D eigenvalue weighted by molar-refractivity contribution is -0.159. The zero-order valence-electron chi connectivity index (χ0n) is 12.7. The van der Waals surface area contributed by atoms with E-state index in [0.717, 1.165) is 17.8 Å². The van der Waals surface area contributed by atoms with Gasteiger partial charge in [0.25, 0.3) is 0 Å². The predicted molar refractivity (Wildman–Crippen MR) is 81.8 cm³/mol. The van der Waals surface area contributed by atoms with Crippen LogP contribution in [0.25, 0.3) is 11.4 Å². The average Bonchev–Trinajstić information content (AvgIpc) is 3.11. The van der Waals surface area contributed by atoms with Crippen molar-refractivity contribution >= 4 is 17.5 Å². The number of benzene rings is 1. The molecule has 3 rings (SSSR count). The van der Waals surface area contributed by atoms with E-state index in [1.54, 1.807) is 0 Å². The summed E-state index contributed by atoms with van der Waals surface area (Å²) >= 11 is 1.13. The number of hydrogen-bond acceptors (Lipinski definition) is 7. The monoisotopic (exact) mass is 384 g/mol. The number of halogens is 4. The van der Waals surface area contributed by atoms with Gasteiger partial charge in [-0.05, 0) is 12.1 Å². The van der Waals surface area contributed by atoms with Crippen molar-refractivity contribution in [2.45, 2.75) is 11.1 Å². The summed E-state index contributed by atoms with van der Waals surface area (Å²) in [6, 6.07) is 3.30. The Morgan fingerprint density at radius 2 is 1.92 bits per heavy atom. The van der Waals surface area contributed by atoms with Crippen molar-refractivity contribution in [3.8, 4) is 11.4 Å². The smallest absolute Gasteiger partial charge is 0.329 e. The Morgan fingerprint density at radius 3 is 2.54 bits per heavy atom. The van der Waals surface area contributed by atoms with Crippen LogP contribution in [0.15, 0.2) is 46.3 Å². The minimum absolute atomic E-state index is 0.0394. The third-order valence-electron chi connectivity index (χ3n) is 3.10. The zero-order valence-corrected chi connectivity index (χ0v) is 13.5. The molecule has 2 aromatic heterocycles. The standard InChI is InChI=1S/C15H8F4N4O2S/c16-11-3-8(13-22-14(25-23-13)15(17,18)19)1-2-10(11)12(24)6-26-9-4-20-7-21-5-9/h1-5,7H,6H2. The van der Waals surface area contributed by atoms with E-state index >= 15 is 0 Å². The fourth-order valence-corrected chi connectivity index (χ4v) is 2.65. The molecule has 0 amide bonds. The largest absolute Gasteiger partial charge is 0.471 e. The van der Waals surface area contributed by atoms with E-state index < -0.39 is 29.5 Å². The van der Waals surface area contributed by atoms with Crippen LogP contribution in [0.4, 0.5) is 17.6 Å². The van der Waals surface area contributed by atoms with Crippen molar-refractivity contribution in [1.82, 2.24) is 20.1 Å². The van der Waals surface area contributed by atoms with Gasteiger partial charge in [-0.1, -0.05) is 11.2 Å². The second-order valence-electron chi connectivity index (χ2n) is 4.90. The van der Waals surface area contributed by atoms with Crippen LogP contribution in [0.5, 0.6) is 0 Å². The van der Waals surface area contributed by atoms with Crippen LogP contribution in [0.1, 0.15) is 16.2 Å². The zero-order chi connectivity index (χ0) is 18.7. The van der Waals surface area contributed by atoms with E-state index in [-0.39, 0.29) is 16.9 Å². The molecule has 0 fully saturated rings. The second-order valence-corrected chi connectivity index (χ2v) is 5.95. The summed E-state index contributed by atoms with van der Waals surface area (Å²) in [5.74, 6) is -3.40. The summed E-state index contributed by atoms with van der Waals surface area (Å²) < 4.78 is 55.7. The Hall–Kier alpha value is -2.82. The van der Waals surface area contributed by atoms with Crippen LogP contribution in [0, 0.1) is 5.82 Å². The van der Waals surface area contributed by atoms with Crippen LogP contribution in [-0.2, 0) is 6.18 Å². The van der Waals surface area contributed by atoms with Crippen molar-refractivity contribution in [2.75, 3.05) is 5.75 Å². The first-order valence-electron chi connectivity index (χ1n) is 6.96. The Morgan fingerprint density at radius 1 is 1.19 bits per heavy atom. The number of Topliss-reactive ketones (excluding diaryl/α,β-unsaturated/α-hetero) is 1. The lowest BCUT2D eigenvalue weighted by Crippen LogP contribution is -2.06. The lowest BCUT2D eigenvalue weighted by atomic mass is 10.1. The molecule has 6 nitrogen and oxygen atoms in total. The van der Waals surface area contributed by atoms with Gasteiger partial charge in [0, 0.05) is 22.9 Å². The van der Waals surface area contributed by atoms with Gasteiger partial charge in [-0.2, -0.15) is 18.2 Å². The van der Waals surface area contributed by atoms with Crippen LogP contribution in [-0.4, -0.2) is 31.6 Å². The maximum Gasteiger partial charge on any atom is 0.471 e. The number of nitrogens with zero attached hydrogens (tertiary/aromatic N) is 4. The highest BCUT2D eigenvalue weighted by molar-refractivity contribution is 8.00. The quantitative estimate of drug-likeness (QED) is 0.377. The normalized spacial score (nSPS) is 11.5. The van der Waals surface area contributed by atoms with Gasteiger partial charge >= 0.3 is 12.1 Å². The van der Waals surface area contributed by atoms with E-state index in [2.05, 4.69) is 24.6 Å². The molecular formula is C15H8F4N4O2S. The van der Waals surface area contributed by atoms with Crippen molar-refractivity contribution in [3.05, 3.63) is 54.2 Å². The fraction of sp³-hybridized carbons (Fsp3) is 0.133. The van der Waals surface area contributed by atoms with Gasteiger partial charge in [-0.15, -0.1) is 11.8 Å². The van der Waals surface area contributed by atoms with Crippen molar-refractivity contribution < 1.29 is 26.9 Å². The molecule has 0 N–H and O–H groups in total.